The van der Waals surface area contributed by atoms with Gasteiger partial charge in [-0.15, -0.1) is 0 Å². The molecule has 0 heterocycles. The maximum Gasteiger partial charge on any atom is 0.119 e. The van der Waals surface area contributed by atoms with Crippen molar-refractivity contribution in [3.05, 3.63) is 29.8 Å². The van der Waals surface area contributed by atoms with Crippen LogP contribution in [0.2, 0.25) is 0 Å². The summed E-state index contributed by atoms with van der Waals surface area (Å²) in [6.07, 6.45) is 0. The predicted molar refractivity (Wildman–Crippen MR) is 68.9 cm³/mol. The van der Waals surface area contributed by atoms with Crippen molar-refractivity contribution in [3.63, 3.8) is 0 Å². The second-order valence-electron chi connectivity index (χ2n) is 4.86. The van der Waals surface area contributed by atoms with E-state index in [1.54, 1.807) is 6.07 Å². The highest BCUT2D eigenvalue weighted by Gasteiger charge is 2.25. The lowest BCUT2D eigenvalue weighted by molar-refractivity contribution is 0.241. The normalized spacial score (nSPS) is 12.1. The number of hydrogen-bond donors (Lipinski definition) is 1. The van der Waals surface area contributed by atoms with Crippen LogP contribution in [0.4, 0.5) is 0 Å². The molecular formula is C14H23NO. The van der Waals surface area contributed by atoms with Crippen LogP contribution in [0.3, 0.4) is 0 Å². The molecule has 90 valence electrons. The van der Waals surface area contributed by atoms with Crippen molar-refractivity contribution < 1.29 is 5.11 Å². The first-order chi connectivity index (χ1) is 7.51. The minimum atomic E-state index is -0.0165. The van der Waals surface area contributed by atoms with Gasteiger partial charge in [0.05, 0.1) is 0 Å². The SMILES string of the molecule is CCN(CC)CC(C)(C)c1ccccc1O. The Balaban J connectivity index is 2.89. The topological polar surface area (TPSA) is 23.5 Å². The summed E-state index contributed by atoms with van der Waals surface area (Å²) in [6, 6.07) is 7.63. The number of rotatable bonds is 5. The van der Waals surface area contributed by atoms with E-state index in [0.717, 1.165) is 25.2 Å². The Hall–Kier alpha value is -1.02. The number of aromatic hydroxyl groups is 1. The van der Waals surface area contributed by atoms with Gasteiger partial charge in [-0.2, -0.15) is 0 Å². The Morgan fingerprint density at radius 1 is 1.12 bits per heavy atom. The number of phenolic OH excluding ortho intramolecular Hbond substituents is 1. The summed E-state index contributed by atoms with van der Waals surface area (Å²) in [5, 5.41) is 9.89. The quantitative estimate of drug-likeness (QED) is 0.826. The minimum absolute atomic E-state index is 0.0165. The summed E-state index contributed by atoms with van der Waals surface area (Å²) in [7, 11) is 0. The van der Waals surface area contributed by atoms with E-state index in [-0.39, 0.29) is 5.41 Å². The van der Waals surface area contributed by atoms with Crippen LogP contribution < -0.4 is 0 Å². The summed E-state index contributed by atoms with van der Waals surface area (Å²) >= 11 is 0. The molecule has 1 aromatic carbocycles. The Morgan fingerprint density at radius 3 is 2.19 bits per heavy atom. The molecule has 1 aromatic rings. The molecule has 0 fully saturated rings. The zero-order valence-electron chi connectivity index (χ0n) is 10.8. The van der Waals surface area contributed by atoms with Crippen LogP contribution in [-0.2, 0) is 5.41 Å². The van der Waals surface area contributed by atoms with Crippen molar-refractivity contribution >= 4 is 0 Å². The number of phenols is 1. The van der Waals surface area contributed by atoms with Gasteiger partial charge in [-0.05, 0) is 19.2 Å². The van der Waals surface area contributed by atoms with Crippen molar-refractivity contribution in [3.8, 4) is 5.75 Å². The number of benzene rings is 1. The maximum absolute atomic E-state index is 9.89. The van der Waals surface area contributed by atoms with Gasteiger partial charge >= 0.3 is 0 Å². The van der Waals surface area contributed by atoms with E-state index in [2.05, 4.69) is 32.6 Å². The highest BCUT2D eigenvalue weighted by molar-refractivity contribution is 5.37. The average molecular weight is 221 g/mol. The molecule has 2 nitrogen and oxygen atoms in total. The molecule has 0 aliphatic heterocycles. The third-order valence-electron chi connectivity index (χ3n) is 3.15. The second-order valence-corrected chi connectivity index (χ2v) is 4.86. The first-order valence-electron chi connectivity index (χ1n) is 6.02. The van der Waals surface area contributed by atoms with Crippen molar-refractivity contribution in [2.24, 2.45) is 0 Å². The van der Waals surface area contributed by atoms with E-state index in [4.69, 9.17) is 0 Å². The van der Waals surface area contributed by atoms with Gasteiger partial charge in [0.15, 0.2) is 0 Å². The molecule has 16 heavy (non-hydrogen) atoms. The van der Waals surface area contributed by atoms with Crippen LogP contribution in [0, 0.1) is 0 Å². The fourth-order valence-electron chi connectivity index (χ4n) is 2.14. The molecule has 0 saturated carbocycles. The second kappa shape index (κ2) is 5.35. The molecule has 0 unspecified atom stereocenters. The molecule has 0 spiro atoms. The molecule has 0 bridgehead atoms. The lowest BCUT2D eigenvalue weighted by Gasteiger charge is -2.32. The highest BCUT2D eigenvalue weighted by Crippen LogP contribution is 2.31. The van der Waals surface area contributed by atoms with E-state index < -0.39 is 0 Å². The molecule has 0 atom stereocenters. The summed E-state index contributed by atoms with van der Waals surface area (Å²) < 4.78 is 0. The minimum Gasteiger partial charge on any atom is -0.508 e. The van der Waals surface area contributed by atoms with Gasteiger partial charge in [0.2, 0.25) is 0 Å². The molecule has 0 aliphatic rings. The number of para-hydroxylation sites is 1. The lowest BCUT2D eigenvalue weighted by Crippen LogP contribution is -2.36. The Morgan fingerprint density at radius 2 is 1.69 bits per heavy atom. The van der Waals surface area contributed by atoms with E-state index in [0.29, 0.717) is 5.75 Å². The van der Waals surface area contributed by atoms with Crippen LogP contribution in [0.15, 0.2) is 24.3 Å². The third-order valence-corrected chi connectivity index (χ3v) is 3.15. The number of nitrogens with zero attached hydrogens (tertiary/aromatic N) is 1. The number of likely N-dealkylation sites (N-methyl/N-ethyl adjacent to an activating group) is 1. The molecular weight excluding hydrogens is 198 g/mol. The van der Waals surface area contributed by atoms with Crippen molar-refractivity contribution in [2.45, 2.75) is 33.1 Å². The van der Waals surface area contributed by atoms with E-state index in [1.165, 1.54) is 0 Å². The van der Waals surface area contributed by atoms with Crippen molar-refractivity contribution in [2.75, 3.05) is 19.6 Å². The molecule has 0 radical (unpaired) electrons. The van der Waals surface area contributed by atoms with Crippen LogP contribution >= 0.6 is 0 Å². The largest absolute Gasteiger partial charge is 0.508 e. The van der Waals surface area contributed by atoms with Gasteiger partial charge in [0, 0.05) is 17.5 Å². The van der Waals surface area contributed by atoms with Crippen molar-refractivity contribution in [1.82, 2.24) is 4.90 Å². The fourth-order valence-corrected chi connectivity index (χ4v) is 2.14. The molecule has 2 heteroatoms. The van der Waals surface area contributed by atoms with Gasteiger partial charge in [0.1, 0.15) is 5.75 Å². The van der Waals surface area contributed by atoms with Crippen LogP contribution in [0.1, 0.15) is 33.3 Å². The summed E-state index contributed by atoms with van der Waals surface area (Å²) in [6.45, 7) is 11.8. The van der Waals surface area contributed by atoms with Gasteiger partial charge in [0.25, 0.3) is 0 Å². The fraction of sp³-hybridized carbons (Fsp3) is 0.571. The Bertz CT molecular complexity index is 329. The smallest absolute Gasteiger partial charge is 0.119 e. The third kappa shape index (κ3) is 2.99. The van der Waals surface area contributed by atoms with Crippen LogP contribution in [0.5, 0.6) is 5.75 Å². The van der Waals surface area contributed by atoms with E-state index in [9.17, 15) is 5.11 Å². The Labute approximate surface area is 98.9 Å². The lowest BCUT2D eigenvalue weighted by atomic mass is 9.83. The molecule has 1 N–H and O–H groups in total. The van der Waals surface area contributed by atoms with Crippen molar-refractivity contribution in [1.29, 1.82) is 0 Å². The van der Waals surface area contributed by atoms with Gasteiger partial charge in [-0.25, -0.2) is 0 Å². The van der Waals surface area contributed by atoms with Crippen LogP contribution in [0.25, 0.3) is 0 Å². The number of hydrogen-bond acceptors (Lipinski definition) is 2. The van der Waals surface area contributed by atoms with E-state index in [1.807, 2.05) is 18.2 Å². The average Bonchev–Trinajstić information content (AvgIpc) is 2.26. The van der Waals surface area contributed by atoms with Gasteiger partial charge < -0.3 is 10.0 Å². The van der Waals surface area contributed by atoms with Crippen LogP contribution in [-0.4, -0.2) is 29.6 Å². The first kappa shape index (κ1) is 13.0. The van der Waals surface area contributed by atoms with Gasteiger partial charge in [-0.3, -0.25) is 0 Å². The molecule has 0 saturated heterocycles. The Kier molecular flexibility index (Phi) is 4.36. The predicted octanol–water partition coefficient (Wildman–Crippen LogP) is 3.01. The molecule has 0 aromatic heterocycles. The molecule has 1 rings (SSSR count). The zero-order chi connectivity index (χ0) is 12.2. The zero-order valence-corrected chi connectivity index (χ0v) is 10.8. The maximum atomic E-state index is 9.89. The monoisotopic (exact) mass is 221 g/mol. The standard InChI is InChI=1S/C14H23NO/c1-5-15(6-2)11-14(3,4)12-9-7-8-10-13(12)16/h7-10,16H,5-6,11H2,1-4H3. The van der Waals surface area contributed by atoms with E-state index >= 15 is 0 Å². The first-order valence-corrected chi connectivity index (χ1v) is 6.02. The summed E-state index contributed by atoms with van der Waals surface area (Å²) in [5.41, 5.74) is 1.01. The highest BCUT2D eigenvalue weighted by atomic mass is 16.3. The molecule has 0 amide bonds. The van der Waals surface area contributed by atoms with Gasteiger partial charge in [-0.1, -0.05) is 45.9 Å². The molecule has 0 aliphatic carbocycles. The summed E-state index contributed by atoms with van der Waals surface area (Å²) in [4.78, 5) is 2.38. The summed E-state index contributed by atoms with van der Waals surface area (Å²) in [5.74, 6) is 0.402.